The van der Waals surface area contributed by atoms with Crippen molar-refractivity contribution in [3.8, 4) is 0 Å². The van der Waals surface area contributed by atoms with Gasteiger partial charge in [-0.3, -0.25) is 0 Å². The highest BCUT2D eigenvalue weighted by Crippen LogP contribution is 2.26. The lowest BCUT2D eigenvalue weighted by molar-refractivity contribution is 1.22. The van der Waals surface area contributed by atoms with Crippen LogP contribution in [-0.4, -0.2) is 9.97 Å². The zero-order valence-corrected chi connectivity index (χ0v) is 9.27. The molecular formula is C8H6ClIN2. The smallest absolute Gasteiger partial charge is 0.140 e. The number of nitrogens with one attached hydrogen (secondary N) is 1. The summed E-state index contributed by atoms with van der Waals surface area (Å²) in [5.74, 6) is 0. The summed E-state index contributed by atoms with van der Waals surface area (Å²) < 4.78 is 1.11. The SMILES string of the molecule is Cc1cc(Cl)c2c(I)c[nH]c2n1. The molecule has 2 aromatic rings. The lowest BCUT2D eigenvalue weighted by Crippen LogP contribution is -1.82. The number of aromatic amines is 1. The van der Waals surface area contributed by atoms with Gasteiger partial charge in [0.05, 0.1) is 10.4 Å². The number of nitrogens with zero attached hydrogens (tertiary/aromatic N) is 1. The summed E-state index contributed by atoms with van der Waals surface area (Å²) >= 11 is 8.28. The number of hydrogen-bond acceptors (Lipinski definition) is 1. The predicted octanol–water partition coefficient (Wildman–Crippen LogP) is 3.13. The summed E-state index contributed by atoms with van der Waals surface area (Å²) in [6.07, 6.45) is 1.91. The van der Waals surface area contributed by atoms with Crippen molar-refractivity contribution >= 4 is 45.2 Å². The van der Waals surface area contributed by atoms with E-state index in [1.54, 1.807) is 0 Å². The largest absolute Gasteiger partial charge is 0.345 e. The monoisotopic (exact) mass is 292 g/mol. The van der Waals surface area contributed by atoms with Gasteiger partial charge in [-0.25, -0.2) is 4.98 Å². The Bertz CT molecular complexity index is 436. The van der Waals surface area contributed by atoms with Crippen LogP contribution in [0.4, 0.5) is 0 Å². The maximum absolute atomic E-state index is 6.04. The van der Waals surface area contributed by atoms with Crippen LogP contribution in [0.5, 0.6) is 0 Å². The molecule has 2 aromatic heterocycles. The number of pyridine rings is 1. The zero-order valence-electron chi connectivity index (χ0n) is 6.36. The van der Waals surface area contributed by atoms with Crippen molar-refractivity contribution in [3.63, 3.8) is 0 Å². The van der Waals surface area contributed by atoms with Gasteiger partial charge in [0, 0.05) is 15.5 Å². The Morgan fingerprint density at radius 3 is 3.08 bits per heavy atom. The number of H-pyrrole nitrogens is 1. The Morgan fingerprint density at radius 1 is 1.58 bits per heavy atom. The topological polar surface area (TPSA) is 28.7 Å². The van der Waals surface area contributed by atoms with Crippen molar-refractivity contribution < 1.29 is 0 Å². The van der Waals surface area contributed by atoms with Gasteiger partial charge in [-0.05, 0) is 35.6 Å². The van der Waals surface area contributed by atoms with Crippen LogP contribution in [0.3, 0.4) is 0 Å². The third kappa shape index (κ3) is 1.21. The first-order valence-corrected chi connectivity index (χ1v) is 4.94. The quantitative estimate of drug-likeness (QED) is 0.743. The normalized spacial score (nSPS) is 10.9. The fourth-order valence-corrected chi connectivity index (χ4v) is 2.38. The maximum atomic E-state index is 6.04. The number of hydrogen-bond donors (Lipinski definition) is 1. The van der Waals surface area contributed by atoms with Gasteiger partial charge in [-0.1, -0.05) is 11.6 Å². The Kier molecular flexibility index (Phi) is 2.00. The fraction of sp³-hybridized carbons (Fsp3) is 0.125. The average Bonchev–Trinajstić information content (AvgIpc) is 2.31. The molecule has 0 unspecified atom stereocenters. The van der Waals surface area contributed by atoms with Crippen LogP contribution in [0.25, 0.3) is 11.0 Å². The molecule has 4 heteroatoms. The first-order valence-electron chi connectivity index (χ1n) is 3.48. The van der Waals surface area contributed by atoms with Crippen LogP contribution < -0.4 is 0 Å². The number of aromatic nitrogens is 2. The molecule has 2 heterocycles. The lowest BCUT2D eigenvalue weighted by Gasteiger charge is -1.96. The van der Waals surface area contributed by atoms with Crippen molar-refractivity contribution in [2.75, 3.05) is 0 Å². The van der Waals surface area contributed by atoms with Crippen LogP contribution in [0.2, 0.25) is 5.02 Å². The molecule has 0 saturated carbocycles. The van der Waals surface area contributed by atoms with E-state index >= 15 is 0 Å². The first kappa shape index (κ1) is 8.31. The predicted molar refractivity (Wildman–Crippen MR) is 58.6 cm³/mol. The molecule has 0 radical (unpaired) electrons. The highest BCUT2D eigenvalue weighted by atomic mass is 127. The third-order valence-electron chi connectivity index (χ3n) is 1.67. The van der Waals surface area contributed by atoms with Crippen molar-refractivity contribution in [1.29, 1.82) is 0 Å². The van der Waals surface area contributed by atoms with Gasteiger partial charge in [0.25, 0.3) is 0 Å². The van der Waals surface area contributed by atoms with Crippen molar-refractivity contribution in [2.24, 2.45) is 0 Å². The molecule has 2 rings (SSSR count). The van der Waals surface area contributed by atoms with Gasteiger partial charge in [-0.2, -0.15) is 0 Å². The number of fused-ring (bicyclic) bond motifs is 1. The van der Waals surface area contributed by atoms with Gasteiger partial charge < -0.3 is 4.98 Å². The summed E-state index contributed by atoms with van der Waals surface area (Å²) in [6.45, 7) is 1.93. The van der Waals surface area contributed by atoms with E-state index < -0.39 is 0 Å². The molecule has 0 atom stereocenters. The zero-order chi connectivity index (χ0) is 8.72. The van der Waals surface area contributed by atoms with Crippen LogP contribution in [0, 0.1) is 10.5 Å². The second-order valence-corrected chi connectivity index (χ2v) is 4.18. The summed E-state index contributed by atoms with van der Waals surface area (Å²) in [7, 11) is 0. The molecule has 0 spiro atoms. The van der Waals surface area contributed by atoms with E-state index in [1.807, 2.05) is 19.2 Å². The van der Waals surface area contributed by atoms with E-state index in [-0.39, 0.29) is 0 Å². The Labute approximate surface area is 88.5 Å². The summed E-state index contributed by atoms with van der Waals surface area (Å²) in [6, 6.07) is 1.87. The molecule has 0 amide bonds. The van der Waals surface area contributed by atoms with Gasteiger partial charge in [0.2, 0.25) is 0 Å². The second-order valence-electron chi connectivity index (χ2n) is 2.61. The lowest BCUT2D eigenvalue weighted by atomic mass is 10.3. The van der Waals surface area contributed by atoms with E-state index in [1.165, 1.54) is 0 Å². The van der Waals surface area contributed by atoms with Crippen LogP contribution in [-0.2, 0) is 0 Å². The summed E-state index contributed by atoms with van der Waals surface area (Å²) in [4.78, 5) is 7.38. The van der Waals surface area contributed by atoms with Crippen LogP contribution in [0.15, 0.2) is 12.3 Å². The minimum absolute atomic E-state index is 0.767. The Balaban J connectivity index is 2.93. The standard InChI is InChI=1S/C8H6ClIN2/c1-4-2-5(9)7-6(10)3-11-8(7)12-4/h2-3H,1H3,(H,11,12). The Hall–Kier alpha value is -0.290. The van der Waals surface area contributed by atoms with Crippen molar-refractivity contribution in [3.05, 3.63) is 26.5 Å². The highest BCUT2D eigenvalue weighted by molar-refractivity contribution is 14.1. The average molecular weight is 293 g/mol. The molecule has 62 valence electrons. The molecule has 0 aliphatic heterocycles. The molecule has 1 N–H and O–H groups in total. The maximum Gasteiger partial charge on any atom is 0.140 e. The molecule has 12 heavy (non-hydrogen) atoms. The second kappa shape index (κ2) is 2.88. The van der Waals surface area contributed by atoms with E-state index in [2.05, 4.69) is 32.6 Å². The van der Waals surface area contributed by atoms with E-state index in [0.717, 1.165) is 25.3 Å². The number of rotatable bonds is 0. The van der Waals surface area contributed by atoms with Crippen LogP contribution >= 0.6 is 34.2 Å². The number of halogens is 2. The van der Waals surface area contributed by atoms with E-state index in [0.29, 0.717) is 0 Å². The molecule has 0 saturated heterocycles. The van der Waals surface area contributed by atoms with E-state index in [4.69, 9.17) is 11.6 Å². The first-order chi connectivity index (χ1) is 5.68. The molecule has 2 nitrogen and oxygen atoms in total. The minimum Gasteiger partial charge on any atom is -0.345 e. The van der Waals surface area contributed by atoms with Crippen molar-refractivity contribution in [2.45, 2.75) is 6.92 Å². The van der Waals surface area contributed by atoms with Gasteiger partial charge in [-0.15, -0.1) is 0 Å². The molecule has 0 aromatic carbocycles. The molecule has 0 bridgehead atoms. The number of aryl methyl sites for hydroxylation is 1. The highest BCUT2D eigenvalue weighted by Gasteiger charge is 2.06. The summed E-state index contributed by atoms with van der Waals surface area (Å²) in [5, 5.41) is 1.78. The van der Waals surface area contributed by atoms with Gasteiger partial charge in [0.15, 0.2) is 0 Å². The van der Waals surface area contributed by atoms with Crippen LogP contribution in [0.1, 0.15) is 5.69 Å². The summed E-state index contributed by atoms with van der Waals surface area (Å²) in [5.41, 5.74) is 1.80. The molecule has 0 aliphatic rings. The minimum atomic E-state index is 0.767. The molecule has 0 aliphatic carbocycles. The fourth-order valence-electron chi connectivity index (χ4n) is 1.17. The molecular weight excluding hydrogens is 286 g/mol. The molecule has 0 fully saturated rings. The van der Waals surface area contributed by atoms with Gasteiger partial charge in [0.1, 0.15) is 5.65 Å². The van der Waals surface area contributed by atoms with Crippen molar-refractivity contribution in [1.82, 2.24) is 9.97 Å². The third-order valence-corrected chi connectivity index (χ3v) is 2.82. The van der Waals surface area contributed by atoms with Gasteiger partial charge >= 0.3 is 0 Å². The van der Waals surface area contributed by atoms with E-state index in [9.17, 15) is 0 Å². The Morgan fingerprint density at radius 2 is 2.33 bits per heavy atom.